The number of allylic oxidation sites excluding steroid dienone is 1. The Bertz CT molecular complexity index is 1260. The van der Waals surface area contributed by atoms with Crippen LogP contribution in [0.5, 0.6) is 0 Å². The maximum Gasteiger partial charge on any atom is 0.322 e. The third-order valence-electron chi connectivity index (χ3n) is 5.34. The molecule has 1 aliphatic heterocycles. The Kier molecular flexibility index (Phi) is 5.82. The first-order valence-electron chi connectivity index (χ1n) is 10.0. The summed E-state index contributed by atoms with van der Waals surface area (Å²) in [5.41, 5.74) is 2.42. The summed E-state index contributed by atoms with van der Waals surface area (Å²) in [7, 11) is 0. The third-order valence-corrected chi connectivity index (χ3v) is 7.38. The molecule has 9 heteroatoms. The fourth-order valence-electron chi connectivity index (χ4n) is 3.78. The molecule has 0 bridgehead atoms. The van der Waals surface area contributed by atoms with Crippen molar-refractivity contribution in [3.8, 4) is 10.7 Å². The molecule has 5 rings (SSSR count). The van der Waals surface area contributed by atoms with Crippen LogP contribution < -0.4 is 5.32 Å². The molecule has 4 aromatic rings. The second kappa shape index (κ2) is 8.90. The van der Waals surface area contributed by atoms with E-state index in [9.17, 15) is 4.79 Å². The van der Waals surface area contributed by atoms with E-state index in [-0.39, 0.29) is 6.03 Å². The van der Waals surface area contributed by atoms with Gasteiger partial charge in [-0.2, -0.15) is 4.98 Å². The van der Waals surface area contributed by atoms with E-state index >= 15 is 0 Å². The van der Waals surface area contributed by atoms with Crippen molar-refractivity contribution in [3.05, 3.63) is 86.3 Å². The molecule has 0 aliphatic carbocycles. The van der Waals surface area contributed by atoms with Crippen molar-refractivity contribution in [1.82, 2.24) is 20.4 Å². The van der Waals surface area contributed by atoms with Crippen molar-refractivity contribution >= 4 is 45.9 Å². The molecule has 0 spiro atoms. The first kappa shape index (κ1) is 20.9. The number of aromatic nitrogens is 2. The van der Waals surface area contributed by atoms with Crippen molar-refractivity contribution in [2.75, 3.05) is 6.54 Å². The van der Waals surface area contributed by atoms with Crippen LogP contribution in [-0.2, 0) is 6.42 Å². The standard InChI is InChI=1S/C23H19ClN4O2S2/c1-14-19(22-26-21(27-30-22)18-8-4-12-32-18)20(15-5-2-6-16(24)13-15)25-23(29)28(14)10-9-17-7-3-11-31-17/h2-8,11-13,20H,9-10H2,1H3,(H,25,29). The molecule has 3 aromatic heterocycles. The molecule has 162 valence electrons. The quantitative estimate of drug-likeness (QED) is 0.352. The zero-order valence-electron chi connectivity index (χ0n) is 17.1. The summed E-state index contributed by atoms with van der Waals surface area (Å²) in [4.78, 5) is 21.6. The van der Waals surface area contributed by atoms with Crippen LogP contribution in [0.3, 0.4) is 0 Å². The van der Waals surface area contributed by atoms with Gasteiger partial charge in [0.15, 0.2) is 0 Å². The van der Waals surface area contributed by atoms with E-state index in [1.54, 1.807) is 33.6 Å². The van der Waals surface area contributed by atoms with Crippen molar-refractivity contribution in [1.29, 1.82) is 0 Å². The molecule has 1 atom stereocenters. The van der Waals surface area contributed by atoms with E-state index in [1.165, 1.54) is 4.88 Å². The van der Waals surface area contributed by atoms with Crippen LogP contribution in [0.1, 0.15) is 29.3 Å². The van der Waals surface area contributed by atoms with Gasteiger partial charge in [-0.1, -0.05) is 41.0 Å². The molecule has 1 aliphatic rings. The number of benzene rings is 1. The van der Waals surface area contributed by atoms with Crippen molar-refractivity contribution < 1.29 is 9.32 Å². The number of nitrogens with one attached hydrogen (secondary N) is 1. The van der Waals surface area contributed by atoms with Crippen LogP contribution in [-0.4, -0.2) is 27.6 Å². The first-order chi connectivity index (χ1) is 15.6. The monoisotopic (exact) mass is 482 g/mol. The van der Waals surface area contributed by atoms with Gasteiger partial charge in [-0.05, 0) is 53.9 Å². The predicted octanol–water partition coefficient (Wildman–Crippen LogP) is 6.25. The zero-order valence-corrected chi connectivity index (χ0v) is 19.5. The van der Waals surface area contributed by atoms with E-state index in [1.807, 2.05) is 54.1 Å². The van der Waals surface area contributed by atoms with Crippen molar-refractivity contribution in [2.45, 2.75) is 19.4 Å². The Morgan fingerprint density at radius 2 is 2.00 bits per heavy atom. The number of hydrogen-bond acceptors (Lipinski definition) is 6. The highest BCUT2D eigenvalue weighted by molar-refractivity contribution is 7.13. The van der Waals surface area contributed by atoms with E-state index in [0.29, 0.717) is 23.3 Å². The Balaban J connectivity index is 1.56. The lowest BCUT2D eigenvalue weighted by molar-refractivity contribution is 0.205. The van der Waals surface area contributed by atoms with Gasteiger partial charge in [-0.15, -0.1) is 22.7 Å². The van der Waals surface area contributed by atoms with E-state index in [4.69, 9.17) is 16.1 Å². The van der Waals surface area contributed by atoms with Crippen LogP contribution in [0, 0.1) is 0 Å². The Morgan fingerprint density at radius 1 is 1.16 bits per heavy atom. The fraction of sp³-hybridized carbons (Fsp3) is 0.174. The number of thiophene rings is 2. The Morgan fingerprint density at radius 3 is 2.75 bits per heavy atom. The minimum Gasteiger partial charge on any atom is -0.334 e. The molecular formula is C23H19ClN4O2S2. The maximum absolute atomic E-state index is 13.1. The summed E-state index contributed by atoms with van der Waals surface area (Å²) >= 11 is 9.48. The van der Waals surface area contributed by atoms with Crippen LogP contribution >= 0.6 is 34.3 Å². The number of carbonyl (C=O) groups excluding carboxylic acids is 1. The zero-order chi connectivity index (χ0) is 22.1. The van der Waals surface area contributed by atoms with Gasteiger partial charge in [0.1, 0.15) is 0 Å². The molecule has 0 saturated heterocycles. The molecule has 0 saturated carbocycles. The molecular weight excluding hydrogens is 464 g/mol. The van der Waals surface area contributed by atoms with Crippen LogP contribution in [0.25, 0.3) is 16.3 Å². The lowest BCUT2D eigenvalue weighted by Gasteiger charge is -2.35. The van der Waals surface area contributed by atoms with Gasteiger partial charge in [0.2, 0.25) is 5.82 Å². The molecule has 1 N–H and O–H groups in total. The van der Waals surface area contributed by atoms with Gasteiger partial charge in [0, 0.05) is 22.1 Å². The maximum atomic E-state index is 13.1. The number of rotatable bonds is 6. The summed E-state index contributed by atoms with van der Waals surface area (Å²) < 4.78 is 5.69. The van der Waals surface area contributed by atoms with Crippen LogP contribution in [0.15, 0.2) is 69.5 Å². The highest BCUT2D eigenvalue weighted by Crippen LogP contribution is 2.38. The molecule has 32 heavy (non-hydrogen) atoms. The van der Waals surface area contributed by atoms with Crippen LogP contribution in [0.2, 0.25) is 5.02 Å². The average molecular weight is 483 g/mol. The Labute approximate surface area is 198 Å². The SMILES string of the molecule is CC1=C(c2nc(-c3cccs3)no2)C(c2cccc(Cl)c2)NC(=O)N1CCc1cccs1. The minimum absolute atomic E-state index is 0.161. The molecule has 2 amide bonds. The summed E-state index contributed by atoms with van der Waals surface area (Å²) in [6.45, 7) is 2.48. The third kappa shape index (κ3) is 4.09. The van der Waals surface area contributed by atoms with Gasteiger partial charge >= 0.3 is 6.03 Å². The normalized spacial score (nSPS) is 16.5. The van der Waals surface area contributed by atoms with E-state index in [2.05, 4.69) is 21.5 Å². The van der Waals surface area contributed by atoms with E-state index < -0.39 is 6.04 Å². The summed E-state index contributed by atoms with van der Waals surface area (Å²) in [6.07, 6.45) is 0.766. The first-order valence-corrected chi connectivity index (χ1v) is 12.2. The van der Waals surface area contributed by atoms with E-state index in [0.717, 1.165) is 28.1 Å². The van der Waals surface area contributed by atoms with Crippen LogP contribution in [0.4, 0.5) is 4.79 Å². The fourth-order valence-corrected chi connectivity index (χ4v) is 5.33. The second-order valence-corrected chi connectivity index (χ2v) is 9.73. The molecule has 4 heterocycles. The Hall–Kier alpha value is -2.94. The number of amides is 2. The molecule has 6 nitrogen and oxygen atoms in total. The average Bonchev–Trinajstić information content (AvgIpc) is 3.55. The second-order valence-electron chi connectivity index (χ2n) is 7.32. The smallest absolute Gasteiger partial charge is 0.322 e. The number of halogens is 1. The minimum atomic E-state index is -0.448. The molecule has 0 radical (unpaired) electrons. The van der Waals surface area contributed by atoms with Gasteiger partial charge in [0.05, 0.1) is 16.5 Å². The van der Waals surface area contributed by atoms with Gasteiger partial charge < -0.3 is 9.84 Å². The number of nitrogens with zero attached hydrogens (tertiary/aromatic N) is 3. The highest BCUT2D eigenvalue weighted by atomic mass is 35.5. The van der Waals surface area contributed by atoms with Gasteiger partial charge in [-0.3, -0.25) is 4.90 Å². The van der Waals surface area contributed by atoms with Crippen molar-refractivity contribution in [2.24, 2.45) is 0 Å². The largest absolute Gasteiger partial charge is 0.334 e. The summed E-state index contributed by atoms with van der Waals surface area (Å²) in [5.74, 6) is 0.916. The highest BCUT2D eigenvalue weighted by Gasteiger charge is 2.35. The predicted molar refractivity (Wildman–Crippen MR) is 128 cm³/mol. The molecule has 1 aromatic carbocycles. The van der Waals surface area contributed by atoms with Crippen molar-refractivity contribution in [3.63, 3.8) is 0 Å². The van der Waals surface area contributed by atoms with Gasteiger partial charge in [0.25, 0.3) is 5.89 Å². The molecule has 1 unspecified atom stereocenters. The molecule has 0 fully saturated rings. The lowest BCUT2D eigenvalue weighted by atomic mass is 9.94. The number of carbonyl (C=O) groups is 1. The lowest BCUT2D eigenvalue weighted by Crippen LogP contribution is -2.46. The summed E-state index contributed by atoms with van der Waals surface area (Å²) in [6, 6.07) is 14.8. The summed E-state index contributed by atoms with van der Waals surface area (Å²) in [5, 5.41) is 11.9. The number of hydrogen-bond donors (Lipinski definition) is 1. The van der Waals surface area contributed by atoms with Gasteiger partial charge in [-0.25, -0.2) is 4.79 Å². The number of urea groups is 1. The topological polar surface area (TPSA) is 71.3 Å².